The Kier molecular flexibility index (Phi) is 3.26. The Hall–Kier alpha value is -2.55. The summed E-state index contributed by atoms with van der Waals surface area (Å²) >= 11 is 0. The van der Waals surface area contributed by atoms with E-state index < -0.39 is 0 Å². The molecule has 1 heterocycles. The van der Waals surface area contributed by atoms with Gasteiger partial charge in [0, 0.05) is 5.56 Å². The highest BCUT2D eigenvalue weighted by Gasteiger charge is 2.15. The van der Waals surface area contributed by atoms with Crippen molar-refractivity contribution in [3.8, 4) is 22.4 Å². The summed E-state index contributed by atoms with van der Waals surface area (Å²) in [6.45, 7) is 6.30. The molecule has 3 N–H and O–H groups in total. The van der Waals surface area contributed by atoms with Crippen LogP contribution in [-0.2, 0) is 0 Å². The molecule has 0 amide bonds. The fourth-order valence-electron chi connectivity index (χ4n) is 2.47. The van der Waals surface area contributed by atoms with Gasteiger partial charge in [0.25, 0.3) is 0 Å². The number of hydrogen-bond donors (Lipinski definition) is 2. The molecule has 3 nitrogen and oxygen atoms in total. The van der Waals surface area contributed by atoms with E-state index in [-0.39, 0.29) is 0 Å². The molecule has 0 aliphatic heterocycles. The van der Waals surface area contributed by atoms with Crippen molar-refractivity contribution in [2.75, 3.05) is 5.73 Å². The average Bonchev–Trinajstić information content (AvgIpc) is 2.85. The lowest BCUT2D eigenvalue weighted by molar-refractivity contribution is 1.10. The number of nitrogen functional groups attached to an aromatic ring is 1. The topological polar surface area (TPSA) is 54.7 Å². The molecule has 3 heteroatoms. The maximum absolute atomic E-state index is 6.09. The largest absolute Gasteiger partial charge is 0.382 e. The van der Waals surface area contributed by atoms with Gasteiger partial charge in [-0.3, -0.25) is 5.10 Å². The number of aromatic nitrogens is 2. The lowest BCUT2D eigenvalue weighted by Gasteiger charge is -2.08. The van der Waals surface area contributed by atoms with Crippen LogP contribution in [0.4, 0.5) is 5.82 Å². The molecular weight excluding hydrogens is 258 g/mol. The third-order valence-corrected chi connectivity index (χ3v) is 3.93. The summed E-state index contributed by atoms with van der Waals surface area (Å²) in [6.07, 6.45) is 0. The van der Waals surface area contributed by atoms with Crippen molar-refractivity contribution in [2.45, 2.75) is 20.8 Å². The second-order valence-corrected chi connectivity index (χ2v) is 5.52. The van der Waals surface area contributed by atoms with E-state index in [1.54, 1.807) is 0 Å². The van der Waals surface area contributed by atoms with Gasteiger partial charge in [-0.2, -0.15) is 5.10 Å². The van der Waals surface area contributed by atoms with Gasteiger partial charge in [-0.05, 0) is 37.5 Å². The minimum atomic E-state index is 0.536. The smallest absolute Gasteiger partial charge is 0.153 e. The number of benzene rings is 2. The van der Waals surface area contributed by atoms with Crippen LogP contribution in [0, 0.1) is 20.8 Å². The number of anilines is 1. The van der Waals surface area contributed by atoms with Crippen molar-refractivity contribution in [1.82, 2.24) is 10.2 Å². The summed E-state index contributed by atoms with van der Waals surface area (Å²) in [4.78, 5) is 0. The quantitative estimate of drug-likeness (QED) is 0.735. The third kappa shape index (κ3) is 2.42. The molecule has 3 rings (SSSR count). The van der Waals surface area contributed by atoms with Gasteiger partial charge < -0.3 is 5.73 Å². The highest BCUT2D eigenvalue weighted by molar-refractivity contribution is 5.88. The second-order valence-electron chi connectivity index (χ2n) is 5.52. The van der Waals surface area contributed by atoms with Crippen LogP contribution in [0.5, 0.6) is 0 Å². The van der Waals surface area contributed by atoms with Crippen LogP contribution in [-0.4, -0.2) is 10.2 Å². The summed E-state index contributed by atoms with van der Waals surface area (Å²) in [5.74, 6) is 0.536. The molecule has 1 aromatic heterocycles. The summed E-state index contributed by atoms with van der Waals surface area (Å²) in [6, 6.07) is 14.7. The summed E-state index contributed by atoms with van der Waals surface area (Å²) in [5, 5.41) is 7.26. The number of hydrogen-bond acceptors (Lipinski definition) is 2. The molecule has 0 atom stereocenters. The zero-order valence-electron chi connectivity index (χ0n) is 12.6. The van der Waals surface area contributed by atoms with E-state index >= 15 is 0 Å². The normalized spacial score (nSPS) is 10.8. The van der Waals surface area contributed by atoms with Crippen molar-refractivity contribution in [3.05, 3.63) is 59.2 Å². The zero-order valence-corrected chi connectivity index (χ0v) is 12.6. The Labute approximate surface area is 124 Å². The van der Waals surface area contributed by atoms with E-state index in [2.05, 4.69) is 73.4 Å². The van der Waals surface area contributed by atoms with Crippen LogP contribution in [0.3, 0.4) is 0 Å². The molecule has 0 fully saturated rings. The predicted molar refractivity (Wildman–Crippen MR) is 88.1 cm³/mol. The molecule has 0 unspecified atom stereocenters. The Morgan fingerprint density at radius 2 is 1.52 bits per heavy atom. The van der Waals surface area contributed by atoms with E-state index in [4.69, 9.17) is 5.73 Å². The van der Waals surface area contributed by atoms with E-state index in [9.17, 15) is 0 Å². The SMILES string of the molecule is Cc1ccc(-c2[nH]nc(N)c2-c2ccc(C)c(C)c2)cc1. The number of aryl methyl sites for hydroxylation is 3. The molecule has 0 saturated heterocycles. The number of aromatic amines is 1. The summed E-state index contributed by atoms with van der Waals surface area (Å²) in [5.41, 5.74) is 14.0. The molecule has 0 saturated carbocycles. The number of rotatable bonds is 2. The fraction of sp³-hybridized carbons (Fsp3) is 0.167. The minimum Gasteiger partial charge on any atom is -0.382 e. The maximum atomic E-state index is 6.09. The van der Waals surface area contributed by atoms with Gasteiger partial charge in [-0.1, -0.05) is 48.0 Å². The third-order valence-electron chi connectivity index (χ3n) is 3.93. The summed E-state index contributed by atoms with van der Waals surface area (Å²) < 4.78 is 0. The first-order valence-corrected chi connectivity index (χ1v) is 7.05. The Morgan fingerprint density at radius 3 is 2.19 bits per heavy atom. The zero-order chi connectivity index (χ0) is 15.0. The van der Waals surface area contributed by atoms with Crippen LogP contribution in [0.1, 0.15) is 16.7 Å². The van der Waals surface area contributed by atoms with Gasteiger partial charge in [0.2, 0.25) is 0 Å². The molecule has 0 spiro atoms. The Bertz CT molecular complexity index is 783. The first kappa shape index (κ1) is 13.4. The number of nitrogens with two attached hydrogens (primary N) is 1. The van der Waals surface area contributed by atoms with E-state index in [0.717, 1.165) is 22.4 Å². The average molecular weight is 277 g/mol. The Balaban J connectivity index is 2.16. The molecule has 0 aliphatic carbocycles. The summed E-state index contributed by atoms with van der Waals surface area (Å²) in [7, 11) is 0. The van der Waals surface area contributed by atoms with Gasteiger partial charge >= 0.3 is 0 Å². The molecule has 0 radical (unpaired) electrons. The molecule has 0 bridgehead atoms. The molecule has 3 aromatic rings. The van der Waals surface area contributed by atoms with Gasteiger partial charge in [-0.25, -0.2) is 0 Å². The number of H-pyrrole nitrogens is 1. The van der Waals surface area contributed by atoms with Crippen LogP contribution < -0.4 is 5.73 Å². The van der Waals surface area contributed by atoms with Crippen molar-refractivity contribution >= 4 is 5.82 Å². The molecule has 0 aliphatic rings. The van der Waals surface area contributed by atoms with Crippen molar-refractivity contribution < 1.29 is 0 Å². The van der Waals surface area contributed by atoms with Crippen molar-refractivity contribution in [1.29, 1.82) is 0 Å². The van der Waals surface area contributed by atoms with Crippen molar-refractivity contribution in [2.24, 2.45) is 0 Å². The van der Waals surface area contributed by atoms with E-state index in [1.165, 1.54) is 16.7 Å². The van der Waals surface area contributed by atoms with Gasteiger partial charge in [0.1, 0.15) is 0 Å². The van der Waals surface area contributed by atoms with Gasteiger partial charge in [0.15, 0.2) is 5.82 Å². The highest BCUT2D eigenvalue weighted by Crippen LogP contribution is 2.35. The Morgan fingerprint density at radius 1 is 0.857 bits per heavy atom. The second kappa shape index (κ2) is 5.09. The van der Waals surface area contributed by atoms with E-state index in [1.807, 2.05) is 0 Å². The number of nitrogens with one attached hydrogen (secondary N) is 1. The van der Waals surface area contributed by atoms with E-state index in [0.29, 0.717) is 5.82 Å². The molecular formula is C18H19N3. The van der Waals surface area contributed by atoms with Gasteiger partial charge in [0.05, 0.1) is 11.3 Å². The first-order valence-electron chi connectivity index (χ1n) is 7.05. The van der Waals surface area contributed by atoms with Gasteiger partial charge in [-0.15, -0.1) is 0 Å². The molecule has 2 aromatic carbocycles. The molecule has 21 heavy (non-hydrogen) atoms. The first-order chi connectivity index (χ1) is 10.1. The minimum absolute atomic E-state index is 0.536. The lowest BCUT2D eigenvalue weighted by Crippen LogP contribution is -1.90. The van der Waals surface area contributed by atoms with Crippen LogP contribution >= 0.6 is 0 Å². The van der Waals surface area contributed by atoms with Crippen LogP contribution in [0.25, 0.3) is 22.4 Å². The van der Waals surface area contributed by atoms with Crippen LogP contribution in [0.2, 0.25) is 0 Å². The number of nitrogens with zero attached hydrogens (tertiary/aromatic N) is 1. The lowest BCUT2D eigenvalue weighted by atomic mass is 9.97. The standard InChI is InChI=1S/C18H19N3/c1-11-4-7-14(8-5-11)17-16(18(19)21-20-17)15-9-6-12(2)13(3)10-15/h4-10H,1-3H3,(H3,19,20,21). The highest BCUT2D eigenvalue weighted by atomic mass is 15.2. The predicted octanol–water partition coefficient (Wildman–Crippen LogP) is 4.25. The monoisotopic (exact) mass is 277 g/mol. The fourth-order valence-corrected chi connectivity index (χ4v) is 2.47. The maximum Gasteiger partial charge on any atom is 0.153 e. The van der Waals surface area contributed by atoms with Crippen LogP contribution in [0.15, 0.2) is 42.5 Å². The van der Waals surface area contributed by atoms with Crippen molar-refractivity contribution in [3.63, 3.8) is 0 Å². The molecule has 106 valence electrons.